The number of alkyl halides is 2. The van der Waals surface area contributed by atoms with Gasteiger partial charge in [0, 0.05) is 11.3 Å². The first-order valence-corrected chi connectivity index (χ1v) is 5.15. The largest absolute Gasteiger partial charge is 0.435 e. The van der Waals surface area contributed by atoms with E-state index in [1.807, 2.05) is 12.3 Å². The summed E-state index contributed by atoms with van der Waals surface area (Å²) in [5.74, 6) is 0.954. The minimum Gasteiger partial charge on any atom is -0.435 e. The van der Waals surface area contributed by atoms with Gasteiger partial charge in [-0.05, 0) is 12.3 Å². The number of halogens is 2. The predicted octanol–water partition coefficient (Wildman–Crippen LogP) is 3.15. The van der Waals surface area contributed by atoms with E-state index in [-0.39, 0.29) is 5.75 Å². The molecule has 0 radical (unpaired) electrons. The van der Waals surface area contributed by atoms with Gasteiger partial charge in [-0.15, -0.1) is 0 Å². The molecular formula is C9H10F2OS. The first-order chi connectivity index (χ1) is 6.24. The number of hydrogen-bond donors (Lipinski definition) is 0. The van der Waals surface area contributed by atoms with Crippen LogP contribution in [0.25, 0.3) is 0 Å². The Labute approximate surface area is 80.1 Å². The lowest BCUT2D eigenvalue weighted by Gasteiger charge is -2.08. The van der Waals surface area contributed by atoms with Crippen LogP contribution in [0.1, 0.15) is 5.56 Å². The van der Waals surface area contributed by atoms with Crippen molar-refractivity contribution in [3.63, 3.8) is 0 Å². The fourth-order valence-corrected chi connectivity index (χ4v) is 1.54. The molecule has 1 nitrogen and oxygen atoms in total. The Balaban J connectivity index is 2.78. The Kier molecular flexibility index (Phi) is 4.02. The first-order valence-electron chi connectivity index (χ1n) is 3.75. The van der Waals surface area contributed by atoms with Gasteiger partial charge in [-0.1, -0.05) is 18.2 Å². The van der Waals surface area contributed by atoms with E-state index in [0.717, 1.165) is 5.56 Å². The van der Waals surface area contributed by atoms with Crippen LogP contribution in [-0.2, 0) is 5.75 Å². The van der Waals surface area contributed by atoms with Crippen molar-refractivity contribution < 1.29 is 13.5 Å². The monoisotopic (exact) mass is 204 g/mol. The Hall–Kier alpha value is -0.770. The number of hydrogen-bond acceptors (Lipinski definition) is 2. The van der Waals surface area contributed by atoms with Gasteiger partial charge >= 0.3 is 6.61 Å². The fourth-order valence-electron chi connectivity index (χ4n) is 0.990. The molecule has 1 aromatic carbocycles. The number of thioether (sulfide) groups is 1. The molecule has 72 valence electrons. The molecule has 0 aliphatic carbocycles. The summed E-state index contributed by atoms with van der Waals surface area (Å²) in [6, 6.07) is 6.83. The van der Waals surface area contributed by atoms with Gasteiger partial charge in [0.1, 0.15) is 5.75 Å². The molecule has 1 rings (SSSR count). The lowest BCUT2D eigenvalue weighted by molar-refractivity contribution is -0.0503. The molecule has 13 heavy (non-hydrogen) atoms. The molecule has 0 unspecified atom stereocenters. The molecule has 0 aliphatic heterocycles. The zero-order chi connectivity index (χ0) is 9.68. The van der Waals surface area contributed by atoms with Crippen molar-refractivity contribution in [3.8, 4) is 5.75 Å². The van der Waals surface area contributed by atoms with Gasteiger partial charge in [0.05, 0.1) is 0 Å². The average molecular weight is 204 g/mol. The average Bonchev–Trinajstić information content (AvgIpc) is 2.08. The second-order valence-electron chi connectivity index (χ2n) is 2.42. The van der Waals surface area contributed by atoms with E-state index in [4.69, 9.17) is 0 Å². The first kappa shape index (κ1) is 10.3. The van der Waals surface area contributed by atoms with Crippen LogP contribution in [0.15, 0.2) is 24.3 Å². The SMILES string of the molecule is CSCc1ccccc1OC(F)F. The standard InChI is InChI=1S/C9H10F2OS/c1-13-6-7-4-2-3-5-8(7)12-9(10)11/h2-5,9H,6H2,1H3. The number of rotatable bonds is 4. The highest BCUT2D eigenvalue weighted by Crippen LogP contribution is 2.23. The van der Waals surface area contributed by atoms with Crippen LogP contribution >= 0.6 is 11.8 Å². The molecule has 0 atom stereocenters. The summed E-state index contributed by atoms with van der Waals surface area (Å²) < 4.78 is 28.2. The normalized spacial score (nSPS) is 10.5. The summed E-state index contributed by atoms with van der Waals surface area (Å²) in [5.41, 5.74) is 0.801. The van der Waals surface area contributed by atoms with Crippen molar-refractivity contribution in [1.29, 1.82) is 0 Å². The molecule has 0 bridgehead atoms. The van der Waals surface area contributed by atoms with Crippen molar-refractivity contribution in [2.24, 2.45) is 0 Å². The number of ether oxygens (including phenoxy) is 1. The van der Waals surface area contributed by atoms with Gasteiger partial charge in [-0.2, -0.15) is 20.5 Å². The summed E-state index contributed by atoms with van der Waals surface area (Å²) in [5, 5.41) is 0. The summed E-state index contributed by atoms with van der Waals surface area (Å²) in [7, 11) is 0. The van der Waals surface area contributed by atoms with E-state index in [1.54, 1.807) is 30.0 Å². The zero-order valence-corrected chi connectivity index (χ0v) is 7.98. The molecule has 0 saturated carbocycles. The second kappa shape index (κ2) is 5.07. The van der Waals surface area contributed by atoms with E-state index in [1.165, 1.54) is 0 Å². The molecule has 0 aliphatic rings. The summed E-state index contributed by atoms with van der Waals surface area (Å²) in [6.45, 7) is -2.75. The van der Waals surface area contributed by atoms with E-state index >= 15 is 0 Å². The minimum absolute atomic E-state index is 0.270. The quantitative estimate of drug-likeness (QED) is 0.745. The lowest BCUT2D eigenvalue weighted by Crippen LogP contribution is -2.03. The Bertz CT molecular complexity index is 266. The third-order valence-electron chi connectivity index (χ3n) is 1.49. The van der Waals surface area contributed by atoms with Gasteiger partial charge in [0.15, 0.2) is 0 Å². The minimum atomic E-state index is -2.75. The van der Waals surface area contributed by atoms with Gasteiger partial charge in [-0.25, -0.2) is 0 Å². The van der Waals surface area contributed by atoms with Gasteiger partial charge in [0.25, 0.3) is 0 Å². The third-order valence-corrected chi connectivity index (χ3v) is 2.09. The molecule has 0 spiro atoms. The van der Waals surface area contributed by atoms with Crippen LogP contribution < -0.4 is 4.74 Å². The summed E-state index contributed by atoms with van der Waals surface area (Å²) >= 11 is 1.57. The maximum Gasteiger partial charge on any atom is 0.387 e. The number of para-hydroxylation sites is 1. The van der Waals surface area contributed by atoms with Crippen LogP contribution in [0.4, 0.5) is 8.78 Å². The maximum atomic E-state index is 11.9. The van der Waals surface area contributed by atoms with E-state index in [9.17, 15) is 8.78 Å². The second-order valence-corrected chi connectivity index (χ2v) is 3.29. The molecule has 0 aromatic heterocycles. The zero-order valence-electron chi connectivity index (χ0n) is 7.17. The van der Waals surface area contributed by atoms with Gasteiger partial charge in [-0.3, -0.25) is 0 Å². The maximum absolute atomic E-state index is 11.9. The van der Waals surface area contributed by atoms with Crippen molar-refractivity contribution in [2.75, 3.05) is 6.26 Å². The molecule has 0 amide bonds. The van der Waals surface area contributed by atoms with Crippen molar-refractivity contribution in [1.82, 2.24) is 0 Å². The molecule has 4 heteroatoms. The topological polar surface area (TPSA) is 9.23 Å². The van der Waals surface area contributed by atoms with Gasteiger partial charge < -0.3 is 4.74 Å². The van der Waals surface area contributed by atoms with Crippen LogP contribution in [0.3, 0.4) is 0 Å². The fraction of sp³-hybridized carbons (Fsp3) is 0.333. The Morgan fingerprint density at radius 1 is 1.38 bits per heavy atom. The van der Waals surface area contributed by atoms with E-state index in [2.05, 4.69) is 4.74 Å². The predicted molar refractivity (Wildman–Crippen MR) is 50.3 cm³/mol. The van der Waals surface area contributed by atoms with Gasteiger partial charge in [0.2, 0.25) is 0 Å². The molecular weight excluding hydrogens is 194 g/mol. The van der Waals surface area contributed by atoms with E-state index < -0.39 is 6.61 Å². The molecule has 0 heterocycles. The van der Waals surface area contributed by atoms with Crippen LogP contribution in [0.2, 0.25) is 0 Å². The third kappa shape index (κ3) is 3.22. The Morgan fingerprint density at radius 2 is 2.08 bits per heavy atom. The van der Waals surface area contributed by atoms with Crippen LogP contribution in [0.5, 0.6) is 5.75 Å². The number of benzene rings is 1. The summed E-state index contributed by atoms with van der Waals surface area (Å²) in [6.07, 6.45) is 1.92. The van der Waals surface area contributed by atoms with Crippen LogP contribution in [-0.4, -0.2) is 12.9 Å². The highest BCUT2D eigenvalue weighted by Gasteiger charge is 2.07. The summed E-state index contributed by atoms with van der Waals surface area (Å²) in [4.78, 5) is 0. The lowest BCUT2D eigenvalue weighted by atomic mass is 10.2. The van der Waals surface area contributed by atoms with Crippen molar-refractivity contribution in [3.05, 3.63) is 29.8 Å². The molecule has 0 saturated heterocycles. The van der Waals surface area contributed by atoms with Crippen molar-refractivity contribution >= 4 is 11.8 Å². The molecule has 0 fully saturated rings. The highest BCUT2D eigenvalue weighted by atomic mass is 32.2. The Morgan fingerprint density at radius 3 is 2.69 bits per heavy atom. The molecule has 0 N–H and O–H groups in total. The molecule has 1 aromatic rings. The highest BCUT2D eigenvalue weighted by molar-refractivity contribution is 7.97. The van der Waals surface area contributed by atoms with Crippen LogP contribution in [0, 0.1) is 0 Å². The smallest absolute Gasteiger partial charge is 0.387 e. The van der Waals surface area contributed by atoms with Crippen molar-refractivity contribution in [2.45, 2.75) is 12.4 Å². The van der Waals surface area contributed by atoms with E-state index in [0.29, 0.717) is 5.75 Å².